The number of carbonyl (C=O) groups excluding carboxylic acids is 1. The van der Waals surface area contributed by atoms with Gasteiger partial charge in [0.15, 0.2) is 0 Å². The molecule has 3 N–H and O–H groups in total. The van der Waals surface area contributed by atoms with Crippen molar-refractivity contribution in [3.8, 4) is 22.8 Å². The molecule has 1 aromatic heterocycles. The number of benzene rings is 3. The van der Waals surface area contributed by atoms with Crippen molar-refractivity contribution < 1.29 is 14.6 Å². The second-order valence-electron chi connectivity index (χ2n) is 7.26. The fraction of sp³-hybridized carbons (Fsp3) is 0.0800. The van der Waals surface area contributed by atoms with Gasteiger partial charge >= 0.3 is 0 Å². The van der Waals surface area contributed by atoms with Gasteiger partial charge in [-0.25, -0.2) is 5.43 Å². The number of hydrogen-bond donors (Lipinski definition) is 3. The number of aromatic amines is 1. The van der Waals surface area contributed by atoms with E-state index in [4.69, 9.17) is 4.74 Å². The van der Waals surface area contributed by atoms with Crippen LogP contribution in [0.4, 0.5) is 0 Å². The Labute approximate surface area is 185 Å². The molecule has 3 aromatic carbocycles. The Balaban J connectivity index is 1.33. The van der Waals surface area contributed by atoms with E-state index in [1.54, 1.807) is 30.3 Å². The smallest absolute Gasteiger partial charge is 0.289 e. The third-order valence-electron chi connectivity index (χ3n) is 4.77. The summed E-state index contributed by atoms with van der Waals surface area (Å²) in [6.07, 6.45) is 1.49. The van der Waals surface area contributed by atoms with E-state index >= 15 is 0 Å². The predicted octanol–water partition coefficient (Wildman–Crippen LogP) is 4.43. The molecule has 0 aliphatic heterocycles. The Kier molecular flexibility index (Phi) is 6.27. The van der Waals surface area contributed by atoms with E-state index in [1.807, 2.05) is 24.3 Å². The molecule has 0 radical (unpaired) electrons. The van der Waals surface area contributed by atoms with Crippen LogP contribution in [0.25, 0.3) is 11.3 Å². The molecule has 32 heavy (non-hydrogen) atoms. The van der Waals surface area contributed by atoms with Crippen LogP contribution in [-0.4, -0.2) is 27.4 Å². The molecule has 4 rings (SSSR count). The molecule has 0 bridgehead atoms. The number of carbonyl (C=O) groups is 1. The zero-order valence-electron chi connectivity index (χ0n) is 17.4. The van der Waals surface area contributed by atoms with Crippen LogP contribution in [0.15, 0.2) is 84.0 Å². The number of nitrogens with one attached hydrogen (secondary N) is 2. The van der Waals surface area contributed by atoms with E-state index in [9.17, 15) is 9.90 Å². The summed E-state index contributed by atoms with van der Waals surface area (Å²) in [5, 5.41) is 20.1. The number of nitrogens with zero attached hydrogens (tertiary/aromatic N) is 2. The molecule has 0 saturated carbocycles. The third kappa shape index (κ3) is 5.40. The summed E-state index contributed by atoms with van der Waals surface area (Å²) >= 11 is 0. The van der Waals surface area contributed by atoms with Crippen LogP contribution in [-0.2, 0) is 6.61 Å². The van der Waals surface area contributed by atoms with Gasteiger partial charge in [-0.15, -0.1) is 0 Å². The van der Waals surface area contributed by atoms with Crippen molar-refractivity contribution in [3.05, 3.63) is 101 Å². The number of phenolic OH excluding ortho intramolecular Hbond substituents is 1. The van der Waals surface area contributed by atoms with E-state index in [0.29, 0.717) is 18.0 Å². The number of ether oxygens (including phenoxy) is 1. The lowest BCUT2D eigenvalue weighted by atomic mass is 10.1. The number of hydrazone groups is 1. The molecule has 0 unspecified atom stereocenters. The van der Waals surface area contributed by atoms with E-state index in [0.717, 1.165) is 22.4 Å². The van der Waals surface area contributed by atoms with Gasteiger partial charge in [0.2, 0.25) is 0 Å². The number of H-pyrrole nitrogens is 1. The second kappa shape index (κ2) is 9.61. The number of rotatable bonds is 7. The van der Waals surface area contributed by atoms with Crippen molar-refractivity contribution >= 4 is 12.1 Å². The van der Waals surface area contributed by atoms with Crippen LogP contribution < -0.4 is 10.2 Å². The molecule has 0 saturated heterocycles. The third-order valence-corrected chi connectivity index (χ3v) is 4.77. The van der Waals surface area contributed by atoms with Crippen molar-refractivity contribution in [3.63, 3.8) is 0 Å². The van der Waals surface area contributed by atoms with Gasteiger partial charge in [-0.3, -0.25) is 9.89 Å². The maximum atomic E-state index is 12.3. The van der Waals surface area contributed by atoms with Gasteiger partial charge in [0.25, 0.3) is 5.91 Å². The molecule has 4 aromatic rings. The minimum atomic E-state index is -0.406. The monoisotopic (exact) mass is 426 g/mol. The van der Waals surface area contributed by atoms with Crippen LogP contribution in [0.1, 0.15) is 27.2 Å². The Morgan fingerprint density at radius 1 is 1.06 bits per heavy atom. The Morgan fingerprint density at radius 3 is 2.50 bits per heavy atom. The Hall–Kier alpha value is -4.39. The summed E-state index contributed by atoms with van der Waals surface area (Å²) in [5.41, 5.74) is 7.31. The second-order valence-corrected chi connectivity index (χ2v) is 7.26. The Morgan fingerprint density at radius 2 is 1.78 bits per heavy atom. The van der Waals surface area contributed by atoms with E-state index in [-0.39, 0.29) is 5.75 Å². The molecular formula is C25H22N4O3. The molecule has 0 aliphatic carbocycles. The summed E-state index contributed by atoms with van der Waals surface area (Å²) in [5.74, 6) is 0.519. The first-order valence-corrected chi connectivity index (χ1v) is 10.0. The van der Waals surface area contributed by atoms with Crippen molar-refractivity contribution in [2.24, 2.45) is 5.10 Å². The number of amides is 1. The minimum absolute atomic E-state index is 0.169. The minimum Gasteiger partial charge on any atom is -0.508 e. The van der Waals surface area contributed by atoms with E-state index in [2.05, 4.69) is 51.9 Å². The molecule has 1 heterocycles. The van der Waals surface area contributed by atoms with E-state index in [1.165, 1.54) is 11.8 Å². The van der Waals surface area contributed by atoms with E-state index < -0.39 is 5.91 Å². The molecular weight excluding hydrogens is 404 g/mol. The highest BCUT2D eigenvalue weighted by Gasteiger charge is 2.10. The van der Waals surface area contributed by atoms with Gasteiger partial charge in [0, 0.05) is 5.56 Å². The first kappa shape index (κ1) is 20.9. The summed E-state index contributed by atoms with van der Waals surface area (Å²) in [6, 6.07) is 23.9. The molecule has 0 fully saturated rings. The standard InChI is InChI=1S/C25H22N4O3/c1-17-2-4-19(5-3-17)16-32-22-12-8-20(9-13-22)23-14-24(28-27-23)25(31)29-26-15-18-6-10-21(30)11-7-18/h2-15,30H,16H2,1H3,(H,27,28)(H,29,31). The molecule has 0 aliphatic rings. The highest BCUT2D eigenvalue weighted by atomic mass is 16.5. The number of aromatic hydroxyl groups is 1. The molecule has 1 amide bonds. The molecule has 7 nitrogen and oxygen atoms in total. The van der Waals surface area contributed by atoms with Crippen molar-refractivity contribution in [1.82, 2.24) is 15.6 Å². The van der Waals surface area contributed by atoms with Gasteiger partial charge < -0.3 is 9.84 Å². The average molecular weight is 426 g/mol. The maximum absolute atomic E-state index is 12.3. The maximum Gasteiger partial charge on any atom is 0.289 e. The van der Waals surface area contributed by atoms with Crippen molar-refractivity contribution in [1.29, 1.82) is 0 Å². The average Bonchev–Trinajstić information content (AvgIpc) is 3.31. The number of hydrogen-bond acceptors (Lipinski definition) is 5. The molecule has 160 valence electrons. The van der Waals surface area contributed by atoms with Gasteiger partial charge in [-0.1, -0.05) is 29.8 Å². The lowest BCUT2D eigenvalue weighted by molar-refractivity contribution is 0.0950. The van der Waals surface area contributed by atoms with Crippen LogP contribution in [0.5, 0.6) is 11.5 Å². The van der Waals surface area contributed by atoms with Crippen LogP contribution >= 0.6 is 0 Å². The zero-order chi connectivity index (χ0) is 22.3. The quantitative estimate of drug-likeness (QED) is 0.301. The lowest BCUT2D eigenvalue weighted by Crippen LogP contribution is -2.17. The SMILES string of the molecule is Cc1ccc(COc2ccc(-c3cc(C(=O)NN=Cc4ccc(O)cc4)[nH]n3)cc2)cc1. The molecule has 0 atom stereocenters. The summed E-state index contributed by atoms with van der Waals surface area (Å²) in [4.78, 5) is 12.3. The normalized spacial score (nSPS) is 10.9. The predicted molar refractivity (Wildman–Crippen MR) is 123 cm³/mol. The number of aryl methyl sites for hydroxylation is 1. The number of phenols is 1. The first-order valence-electron chi connectivity index (χ1n) is 10.0. The van der Waals surface area contributed by atoms with Crippen molar-refractivity contribution in [2.75, 3.05) is 0 Å². The summed E-state index contributed by atoms with van der Waals surface area (Å²) in [7, 11) is 0. The van der Waals surface area contributed by atoms with Crippen LogP contribution in [0.3, 0.4) is 0 Å². The Bertz CT molecular complexity index is 1210. The van der Waals surface area contributed by atoms with Gasteiger partial charge in [-0.2, -0.15) is 10.2 Å². The first-order chi connectivity index (χ1) is 15.6. The topological polar surface area (TPSA) is 99.6 Å². The highest BCUT2D eigenvalue weighted by molar-refractivity contribution is 5.94. The summed E-state index contributed by atoms with van der Waals surface area (Å²) < 4.78 is 5.83. The van der Waals surface area contributed by atoms with Crippen LogP contribution in [0.2, 0.25) is 0 Å². The fourth-order valence-corrected chi connectivity index (χ4v) is 2.94. The largest absolute Gasteiger partial charge is 0.508 e. The van der Waals surface area contributed by atoms with Gasteiger partial charge in [0.1, 0.15) is 23.8 Å². The fourth-order valence-electron chi connectivity index (χ4n) is 2.94. The molecule has 7 heteroatoms. The highest BCUT2D eigenvalue weighted by Crippen LogP contribution is 2.22. The number of aromatic nitrogens is 2. The zero-order valence-corrected chi connectivity index (χ0v) is 17.4. The summed E-state index contributed by atoms with van der Waals surface area (Å²) in [6.45, 7) is 2.55. The van der Waals surface area contributed by atoms with Gasteiger partial charge in [0.05, 0.1) is 11.9 Å². The molecule has 0 spiro atoms. The lowest BCUT2D eigenvalue weighted by Gasteiger charge is -2.07. The van der Waals surface area contributed by atoms with Crippen LogP contribution in [0, 0.1) is 6.92 Å². The van der Waals surface area contributed by atoms with Gasteiger partial charge in [-0.05, 0) is 72.6 Å². The van der Waals surface area contributed by atoms with Crippen molar-refractivity contribution in [2.45, 2.75) is 13.5 Å².